The minimum absolute atomic E-state index is 0.285. The van der Waals surface area contributed by atoms with Crippen LogP contribution in [0.5, 0.6) is 5.75 Å². The Morgan fingerprint density at radius 2 is 1.88 bits per heavy atom. The third-order valence-electron chi connectivity index (χ3n) is 4.51. The number of carbonyl (C=O) groups is 2. The van der Waals surface area contributed by atoms with Gasteiger partial charge in [0.05, 0.1) is 0 Å². The number of halogens is 2. The number of rotatable bonds is 3. The largest absolute Gasteiger partial charge is 0.488 e. The van der Waals surface area contributed by atoms with Gasteiger partial charge in [-0.3, -0.25) is 10.1 Å². The van der Waals surface area contributed by atoms with Crippen molar-refractivity contribution in [1.29, 1.82) is 0 Å². The minimum atomic E-state index is -2.57. The third-order valence-corrected chi connectivity index (χ3v) is 4.51. The molecule has 1 unspecified atom stereocenters. The van der Waals surface area contributed by atoms with Gasteiger partial charge in [-0.1, -0.05) is 29.8 Å². The Hall–Kier alpha value is -2.96. The number of carbonyl (C=O) groups excluding carboxylic acids is 2. The molecule has 1 fully saturated rings. The molecular formula is C18H14F2N2O3. The number of nitrogens with one attached hydrogen (secondary N) is 2. The molecule has 128 valence electrons. The second kappa shape index (κ2) is 5.27. The highest BCUT2D eigenvalue weighted by Crippen LogP contribution is 2.50. The predicted molar refractivity (Wildman–Crippen MR) is 85.6 cm³/mol. The van der Waals surface area contributed by atoms with Crippen molar-refractivity contribution in [2.24, 2.45) is 0 Å². The van der Waals surface area contributed by atoms with E-state index in [0.717, 1.165) is 11.1 Å². The van der Waals surface area contributed by atoms with Crippen molar-refractivity contribution in [3.63, 3.8) is 0 Å². The zero-order chi connectivity index (χ0) is 17.8. The van der Waals surface area contributed by atoms with Crippen LogP contribution in [0.25, 0.3) is 11.1 Å². The number of imide groups is 1. The van der Waals surface area contributed by atoms with Gasteiger partial charge in [-0.15, -0.1) is 0 Å². The van der Waals surface area contributed by atoms with Gasteiger partial charge in [-0.25, -0.2) is 13.6 Å². The molecule has 1 aliphatic heterocycles. The molecule has 0 radical (unpaired) electrons. The molecule has 0 saturated carbocycles. The van der Waals surface area contributed by atoms with Gasteiger partial charge in [0, 0.05) is 0 Å². The topological polar surface area (TPSA) is 67.4 Å². The average molecular weight is 344 g/mol. The van der Waals surface area contributed by atoms with Crippen molar-refractivity contribution in [3.05, 3.63) is 53.1 Å². The fourth-order valence-electron chi connectivity index (χ4n) is 3.50. The Bertz CT molecular complexity index is 913. The van der Waals surface area contributed by atoms with Gasteiger partial charge in [-0.05, 0) is 41.3 Å². The van der Waals surface area contributed by atoms with Gasteiger partial charge >= 0.3 is 6.03 Å². The number of urea groups is 1. The van der Waals surface area contributed by atoms with E-state index in [1.165, 1.54) is 6.07 Å². The number of fused-ring (bicyclic) bond motifs is 5. The van der Waals surface area contributed by atoms with Crippen LogP contribution in [0.3, 0.4) is 0 Å². The first-order valence-electron chi connectivity index (χ1n) is 7.72. The quantitative estimate of drug-likeness (QED) is 0.842. The molecule has 1 atom stereocenters. The second-order valence-electron chi connectivity index (χ2n) is 6.12. The van der Waals surface area contributed by atoms with Crippen LogP contribution < -0.4 is 15.4 Å². The number of hydrogen-bond acceptors (Lipinski definition) is 3. The number of amides is 3. The van der Waals surface area contributed by atoms with Crippen molar-refractivity contribution in [3.8, 4) is 16.9 Å². The molecule has 4 rings (SSSR count). The summed E-state index contributed by atoms with van der Waals surface area (Å²) in [5.41, 5.74) is 2.35. The summed E-state index contributed by atoms with van der Waals surface area (Å²) < 4.78 is 29.9. The van der Waals surface area contributed by atoms with E-state index in [9.17, 15) is 18.4 Å². The Labute approximate surface area is 142 Å². The van der Waals surface area contributed by atoms with E-state index >= 15 is 0 Å². The van der Waals surface area contributed by atoms with E-state index in [-0.39, 0.29) is 5.75 Å². The van der Waals surface area contributed by atoms with E-state index in [1.807, 2.05) is 25.1 Å². The summed E-state index contributed by atoms with van der Waals surface area (Å²) in [6.07, 6.45) is -2.57. The molecule has 1 spiro atoms. The molecule has 3 amide bonds. The predicted octanol–water partition coefficient (Wildman–Crippen LogP) is 2.70. The Balaban J connectivity index is 1.90. The molecule has 2 aromatic carbocycles. The normalized spacial score (nSPS) is 20.5. The van der Waals surface area contributed by atoms with Crippen LogP contribution in [0.1, 0.15) is 16.7 Å². The molecule has 1 aliphatic carbocycles. The van der Waals surface area contributed by atoms with E-state index < -0.39 is 30.5 Å². The maximum Gasteiger partial charge on any atom is 0.322 e. The number of ether oxygens (including phenoxy) is 1. The monoisotopic (exact) mass is 344 g/mol. The SMILES string of the molecule is Cc1ccc2c(c1)C1(NC(=O)NC1=O)c1ccc(OCC(F)F)cc1-2. The molecule has 2 aliphatic rings. The van der Waals surface area contributed by atoms with Crippen LogP contribution >= 0.6 is 0 Å². The Morgan fingerprint density at radius 3 is 2.56 bits per heavy atom. The van der Waals surface area contributed by atoms with Crippen LogP contribution in [0, 0.1) is 6.92 Å². The van der Waals surface area contributed by atoms with Crippen molar-refractivity contribution in [2.75, 3.05) is 6.61 Å². The maximum atomic E-state index is 12.6. The summed E-state index contributed by atoms with van der Waals surface area (Å²) >= 11 is 0. The number of hydrogen-bond donors (Lipinski definition) is 2. The van der Waals surface area contributed by atoms with Crippen molar-refractivity contribution >= 4 is 11.9 Å². The van der Waals surface area contributed by atoms with E-state index in [0.29, 0.717) is 16.7 Å². The zero-order valence-corrected chi connectivity index (χ0v) is 13.2. The van der Waals surface area contributed by atoms with E-state index in [4.69, 9.17) is 4.74 Å². The standard InChI is InChI=1S/C18H14F2N2O3/c1-9-2-4-11-12-7-10(25-8-15(19)20)3-5-13(12)18(14(11)6-9)16(23)21-17(24)22-18/h2-7,15H,8H2,1H3,(H2,21,22,23,24). The van der Waals surface area contributed by atoms with Gasteiger partial charge in [0.15, 0.2) is 5.54 Å². The highest BCUT2D eigenvalue weighted by molar-refractivity contribution is 6.13. The summed E-state index contributed by atoms with van der Waals surface area (Å²) in [4.78, 5) is 24.4. The first-order chi connectivity index (χ1) is 11.9. The highest BCUT2D eigenvalue weighted by atomic mass is 19.3. The molecule has 7 heteroatoms. The lowest BCUT2D eigenvalue weighted by Gasteiger charge is -2.23. The van der Waals surface area contributed by atoms with Crippen molar-refractivity contribution < 1.29 is 23.1 Å². The average Bonchev–Trinajstić information content (AvgIpc) is 3.01. The lowest BCUT2D eigenvalue weighted by Crippen LogP contribution is -2.43. The van der Waals surface area contributed by atoms with Crippen molar-refractivity contribution in [1.82, 2.24) is 10.6 Å². The van der Waals surface area contributed by atoms with Gasteiger partial charge in [0.2, 0.25) is 0 Å². The second-order valence-corrected chi connectivity index (χ2v) is 6.12. The van der Waals surface area contributed by atoms with Crippen LogP contribution in [0.4, 0.5) is 13.6 Å². The Kier molecular flexibility index (Phi) is 3.28. The van der Waals surface area contributed by atoms with E-state index in [1.54, 1.807) is 12.1 Å². The molecule has 25 heavy (non-hydrogen) atoms. The van der Waals surface area contributed by atoms with Crippen LogP contribution in [-0.4, -0.2) is 25.0 Å². The third kappa shape index (κ3) is 2.19. The lowest BCUT2D eigenvalue weighted by molar-refractivity contribution is -0.122. The molecule has 1 heterocycles. The molecule has 0 aromatic heterocycles. The fraction of sp³-hybridized carbons (Fsp3) is 0.222. The summed E-state index contributed by atoms with van der Waals surface area (Å²) in [6.45, 7) is 1.19. The zero-order valence-electron chi connectivity index (χ0n) is 13.2. The van der Waals surface area contributed by atoms with E-state index in [2.05, 4.69) is 10.6 Å². The summed E-state index contributed by atoms with van der Waals surface area (Å²) in [6, 6.07) is 9.81. The molecule has 5 nitrogen and oxygen atoms in total. The summed E-state index contributed by atoms with van der Waals surface area (Å²) in [5.74, 6) is -0.170. The van der Waals surface area contributed by atoms with Gasteiger partial charge in [0.1, 0.15) is 12.4 Å². The van der Waals surface area contributed by atoms with Crippen molar-refractivity contribution in [2.45, 2.75) is 18.9 Å². The fourth-order valence-corrected chi connectivity index (χ4v) is 3.50. The summed E-state index contributed by atoms with van der Waals surface area (Å²) in [7, 11) is 0. The van der Waals surface area contributed by atoms with Gasteiger partial charge < -0.3 is 10.1 Å². The van der Waals surface area contributed by atoms with Gasteiger partial charge in [-0.2, -0.15) is 0 Å². The van der Waals surface area contributed by atoms with Crippen LogP contribution in [-0.2, 0) is 10.3 Å². The number of benzene rings is 2. The smallest absolute Gasteiger partial charge is 0.322 e. The Morgan fingerprint density at radius 1 is 1.08 bits per heavy atom. The number of alkyl halides is 2. The van der Waals surface area contributed by atoms with Crippen LogP contribution in [0.15, 0.2) is 36.4 Å². The lowest BCUT2D eigenvalue weighted by atomic mass is 9.87. The summed E-state index contributed by atoms with van der Waals surface area (Å²) in [5, 5.41) is 5.01. The first-order valence-corrected chi connectivity index (χ1v) is 7.72. The van der Waals surface area contributed by atoms with Crippen LogP contribution in [0.2, 0.25) is 0 Å². The maximum absolute atomic E-state index is 12.6. The molecule has 2 aromatic rings. The first kappa shape index (κ1) is 15.6. The molecular weight excluding hydrogens is 330 g/mol. The molecule has 0 bridgehead atoms. The number of aryl methyl sites for hydroxylation is 1. The minimum Gasteiger partial charge on any atom is -0.488 e. The molecule has 2 N–H and O–H groups in total. The highest BCUT2D eigenvalue weighted by Gasteiger charge is 2.54. The van der Waals surface area contributed by atoms with Gasteiger partial charge in [0.25, 0.3) is 12.3 Å². The molecule has 1 saturated heterocycles.